The lowest BCUT2D eigenvalue weighted by atomic mass is 10.2. The smallest absolute Gasteiger partial charge is 0.341 e. The molecule has 10 heteroatoms. The Morgan fingerprint density at radius 3 is 1.28 bits per heavy atom. The third-order valence-electron chi connectivity index (χ3n) is 2.34. The number of rotatable bonds is 9. The van der Waals surface area contributed by atoms with Crippen LogP contribution in [-0.2, 0) is 38.2 Å². The number of carboxylic acids is 2. The van der Waals surface area contributed by atoms with Crippen LogP contribution in [0, 0.1) is 0 Å². The summed E-state index contributed by atoms with van der Waals surface area (Å²) in [5.74, 6) is -7.92. The molecule has 0 aromatic rings. The Hall–Kier alpha value is -3.56. The molecule has 0 rings (SSSR count). The van der Waals surface area contributed by atoms with Crippen LogP contribution in [0.15, 0.2) is 36.5 Å². The summed E-state index contributed by atoms with van der Waals surface area (Å²) in [6, 6.07) is 0. The first kappa shape index (κ1) is 21.4. The number of ether oxygens (including phenoxy) is 2. The quantitative estimate of drug-likeness (QED) is 0.331. The van der Waals surface area contributed by atoms with E-state index in [4.69, 9.17) is 10.2 Å². The monoisotopic (exact) mass is 354 g/mol. The Morgan fingerprint density at radius 2 is 0.920 bits per heavy atom. The van der Waals surface area contributed by atoms with Crippen LogP contribution in [0.25, 0.3) is 0 Å². The summed E-state index contributed by atoms with van der Waals surface area (Å²) in [5.41, 5.74) is -1.55. The van der Waals surface area contributed by atoms with E-state index in [1.165, 1.54) is 0 Å². The van der Waals surface area contributed by atoms with Crippen LogP contribution in [-0.4, -0.2) is 46.0 Å². The van der Waals surface area contributed by atoms with Crippen molar-refractivity contribution in [1.82, 2.24) is 0 Å². The van der Waals surface area contributed by atoms with E-state index in [1.54, 1.807) is 0 Å². The van der Waals surface area contributed by atoms with E-state index < -0.39 is 71.8 Å². The van der Waals surface area contributed by atoms with Crippen LogP contribution in [0.4, 0.5) is 0 Å². The lowest BCUT2D eigenvalue weighted by molar-refractivity contribution is -0.160. The van der Waals surface area contributed by atoms with Gasteiger partial charge in [-0.25, -0.2) is 14.4 Å². The zero-order valence-corrected chi connectivity index (χ0v) is 12.9. The van der Waals surface area contributed by atoms with Crippen molar-refractivity contribution in [2.45, 2.75) is 19.3 Å². The van der Waals surface area contributed by atoms with Crippen LogP contribution < -0.4 is 0 Å². The molecule has 0 atom stereocenters. The fraction of sp³-hybridized carbons (Fsp3) is 0.200. The maximum Gasteiger partial charge on any atom is 0.341 e. The van der Waals surface area contributed by atoms with Gasteiger partial charge in [0, 0.05) is 16.7 Å². The molecule has 10 nitrogen and oxygen atoms in total. The molecule has 0 saturated heterocycles. The minimum absolute atomic E-state index is 0.491. The lowest BCUT2D eigenvalue weighted by Crippen LogP contribution is -2.20. The van der Waals surface area contributed by atoms with Crippen LogP contribution in [0.3, 0.4) is 0 Å². The number of esters is 4. The minimum Gasteiger partial charge on any atom is -0.481 e. The van der Waals surface area contributed by atoms with Crippen molar-refractivity contribution in [2.24, 2.45) is 0 Å². The molecule has 0 unspecified atom stereocenters. The van der Waals surface area contributed by atoms with Crippen LogP contribution in [0.1, 0.15) is 19.3 Å². The van der Waals surface area contributed by atoms with Crippen molar-refractivity contribution in [2.75, 3.05) is 0 Å². The fourth-order valence-corrected chi connectivity index (χ4v) is 1.20. The molecule has 0 aliphatic rings. The average molecular weight is 354 g/mol. The Kier molecular flexibility index (Phi) is 8.19. The highest BCUT2D eigenvalue weighted by molar-refractivity contribution is 6.05. The third-order valence-corrected chi connectivity index (χ3v) is 2.34. The summed E-state index contributed by atoms with van der Waals surface area (Å²) >= 11 is 0. The van der Waals surface area contributed by atoms with Gasteiger partial charge in [-0.05, 0) is 0 Å². The summed E-state index contributed by atoms with van der Waals surface area (Å²) in [6.07, 6.45) is -2.32. The Balaban J connectivity index is 4.52. The second-order valence-electron chi connectivity index (χ2n) is 4.57. The maximum absolute atomic E-state index is 11.5. The van der Waals surface area contributed by atoms with Crippen LogP contribution >= 0.6 is 0 Å². The number of carbonyl (C=O) groups is 6. The molecule has 0 aliphatic carbocycles. The van der Waals surface area contributed by atoms with Gasteiger partial charge in [-0.3, -0.25) is 14.4 Å². The molecule has 0 heterocycles. The summed E-state index contributed by atoms with van der Waals surface area (Å²) in [5, 5.41) is 16.9. The van der Waals surface area contributed by atoms with Crippen molar-refractivity contribution in [1.29, 1.82) is 0 Å². The summed E-state index contributed by atoms with van der Waals surface area (Å²) in [7, 11) is 0. The molecule has 0 bridgehead atoms. The number of hydrogen-bond acceptors (Lipinski definition) is 8. The number of aliphatic carboxylic acids is 2. The van der Waals surface area contributed by atoms with Gasteiger partial charge in [0.25, 0.3) is 0 Å². The van der Waals surface area contributed by atoms with E-state index in [-0.39, 0.29) is 0 Å². The summed E-state index contributed by atoms with van der Waals surface area (Å²) in [4.78, 5) is 66.5. The topological polar surface area (TPSA) is 161 Å². The molecule has 0 amide bonds. The normalized spacial score (nSPS) is 9.44. The van der Waals surface area contributed by atoms with Gasteiger partial charge in [0.05, 0.1) is 19.3 Å². The van der Waals surface area contributed by atoms with E-state index in [1.807, 2.05) is 0 Å². The van der Waals surface area contributed by atoms with E-state index in [0.717, 1.165) is 0 Å². The highest BCUT2D eigenvalue weighted by Gasteiger charge is 2.22. The Morgan fingerprint density at radius 1 is 0.600 bits per heavy atom. The molecule has 0 saturated carbocycles. The van der Waals surface area contributed by atoms with Gasteiger partial charge in [-0.1, -0.05) is 19.7 Å². The Labute approximate surface area is 141 Å². The SMILES string of the molecule is C=C(CC(=O)O)C(=O)OC(=O)CC(=C)C(=O)OC(=O)C(=C)CC(=O)O. The first-order valence-electron chi connectivity index (χ1n) is 6.42. The standard InChI is InChI=1S/C15H14O10/c1-7(4-10(16)17)13(21)24-12(20)6-9(3)15(23)25-14(22)8(2)5-11(18)19/h1-6H2,(H,16,17)(H,18,19). The van der Waals surface area contributed by atoms with Crippen molar-refractivity contribution in [3.8, 4) is 0 Å². The lowest BCUT2D eigenvalue weighted by Gasteiger charge is -2.07. The van der Waals surface area contributed by atoms with Gasteiger partial charge < -0.3 is 19.7 Å². The van der Waals surface area contributed by atoms with E-state index >= 15 is 0 Å². The van der Waals surface area contributed by atoms with Crippen molar-refractivity contribution in [3.05, 3.63) is 36.5 Å². The molecule has 0 aromatic heterocycles. The van der Waals surface area contributed by atoms with Gasteiger partial charge in [0.1, 0.15) is 0 Å². The van der Waals surface area contributed by atoms with Gasteiger partial charge in [0.2, 0.25) is 0 Å². The molecule has 0 aromatic carbocycles. The molecule has 0 spiro atoms. The Bertz CT molecular complexity index is 682. The second-order valence-corrected chi connectivity index (χ2v) is 4.57. The van der Waals surface area contributed by atoms with Crippen molar-refractivity contribution in [3.63, 3.8) is 0 Å². The molecule has 0 aliphatic heterocycles. The zero-order valence-electron chi connectivity index (χ0n) is 12.9. The average Bonchev–Trinajstić information content (AvgIpc) is 2.45. The zero-order chi connectivity index (χ0) is 19.7. The van der Waals surface area contributed by atoms with E-state index in [0.29, 0.717) is 0 Å². The largest absolute Gasteiger partial charge is 0.481 e. The number of carbonyl (C=O) groups excluding carboxylic acids is 4. The predicted molar refractivity (Wildman–Crippen MR) is 78.7 cm³/mol. The molecule has 25 heavy (non-hydrogen) atoms. The summed E-state index contributed by atoms with van der Waals surface area (Å²) in [6.45, 7) is 9.41. The predicted octanol–water partition coefficient (Wildman–Crippen LogP) is 0.134. The molecule has 134 valence electrons. The third kappa shape index (κ3) is 8.59. The highest BCUT2D eigenvalue weighted by atomic mass is 16.6. The highest BCUT2D eigenvalue weighted by Crippen LogP contribution is 2.09. The minimum atomic E-state index is -1.36. The molecule has 0 radical (unpaired) electrons. The second kappa shape index (κ2) is 9.55. The first-order valence-corrected chi connectivity index (χ1v) is 6.42. The number of hydrogen-bond donors (Lipinski definition) is 2. The van der Waals surface area contributed by atoms with E-state index in [9.17, 15) is 28.8 Å². The van der Waals surface area contributed by atoms with Crippen molar-refractivity contribution >= 4 is 35.8 Å². The van der Waals surface area contributed by atoms with E-state index in [2.05, 4.69) is 29.2 Å². The molecule has 0 fully saturated rings. The van der Waals surface area contributed by atoms with Gasteiger partial charge in [-0.15, -0.1) is 0 Å². The van der Waals surface area contributed by atoms with Crippen LogP contribution in [0.5, 0.6) is 0 Å². The van der Waals surface area contributed by atoms with Crippen molar-refractivity contribution < 1.29 is 48.5 Å². The van der Waals surface area contributed by atoms with Gasteiger partial charge >= 0.3 is 35.8 Å². The summed E-state index contributed by atoms with van der Waals surface area (Å²) < 4.78 is 8.50. The molecular weight excluding hydrogens is 340 g/mol. The molecule has 2 N–H and O–H groups in total. The maximum atomic E-state index is 11.5. The van der Waals surface area contributed by atoms with Gasteiger partial charge in [-0.2, -0.15) is 0 Å². The van der Waals surface area contributed by atoms with Gasteiger partial charge in [0.15, 0.2) is 0 Å². The number of carboxylic acid groups (broad SMARTS) is 2. The first-order chi connectivity index (χ1) is 11.4. The fourth-order valence-electron chi connectivity index (χ4n) is 1.20. The van der Waals surface area contributed by atoms with Crippen LogP contribution in [0.2, 0.25) is 0 Å². The molecular formula is C15H14O10.